The monoisotopic (exact) mass is 313 g/mol. The minimum atomic E-state index is 0.121. The van der Waals surface area contributed by atoms with Crippen molar-refractivity contribution < 1.29 is 0 Å². The molecule has 1 atom stereocenters. The molecule has 0 bridgehead atoms. The maximum atomic E-state index is 7.48. The van der Waals surface area contributed by atoms with Crippen molar-refractivity contribution >= 4 is 29.8 Å². The van der Waals surface area contributed by atoms with Gasteiger partial charge in [-0.3, -0.25) is 5.41 Å². The Labute approximate surface area is 135 Å². The molecule has 0 fully saturated rings. The molecule has 2 aromatic heterocycles. The summed E-state index contributed by atoms with van der Waals surface area (Å²) in [7, 11) is 0. The summed E-state index contributed by atoms with van der Waals surface area (Å²) in [5, 5.41) is 11.6. The summed E-state index contributed by atoms with van der Waals surface area (Å²) >= 11 is 1.63. The van der Waals surface area contributed by atoms with Crippen molar-refractivity contribution in [2.45, 2.75) is 26.8 Å². The van der Waals surface area contributed by atoms with E-state index in [0.29, 0.717) is 5.92 Å². The van der Waals surface area contributed by atoms with E-state index in [1.165, 1.54) is 4.88 Å². The van der Waals surface area contributed by atoms with Crippen molar-refractivity contribution in [1.82, 2.24) is 4.57 Å². The molecule has 0 radical (unpaired) electrons. The number of amidine groups is 1. The van der Waals surface area contributed by atoms with Gasteiger partial charge in [-0.25, -0.2) is 0 Å². The Bertz CT molecular complexity index is 780. The summed E-state index contributed by atoms with van der Waals surface area (Å²) in [6.45, 7) is 9.27. The predicted octanol–water partition coefficient (Wildman–Crippen LogP) is 2.68. The molecule has 0 saturated carbocycles. The molecule has 2 rings (SSSR count). The van der Waals surface area contributed by atoms with Gasteiger partial charge in [0.1, 0.15) is 5.84 Å². The van der Waals surface area contributed by atoms with Gasteiger partial charge in [0.15, 0.2) is 0 Å². The second-order valence-electron chi connectivity index (χ2n) is 5.51. The molecule has 0 spiro atoms. The molecular formula is C18H23N3S. The summed E-state index contributed by atoms with van der Waals surface area (Å²) in [4.78, 5) is 1.18. The van der Waals surface area contributed by atoms with Crippen LogP contribution in [-0.4, -0.2) is 10.4 Å². The van der Waals surface area contributed by atoms with E-state index in [0.717, 1.165) is 29.1 Å². The summed E-state index contributed by atoms with van der Waals surface area (Å²) in [6, 6.07) is 4.01. The zero-order valence-corrected chi connectivity index (χ0v) is 14.0. The molecule has 3 N–H and O–H groups in total. The van der Waals surface area contributed by atoms with Gasteiger partial charge in [-0.2, -0.15) is 0 Å². The Balaban J connectivity index is 2.25. The number of hydrogen-bond acceptors (Lipinski definition) is 2. The first-order valence-corrected chi connectivity index (χ1v) is 8.33. The lowest BCUT2D eigenvalue weighted by Crippen LogP contribution is -2.27. The Morgan fingerprint density at radius 3 is 2.95 bits per heavy atom. The van der Waals surface area contributed by atoms with Crippen LogP contribution in [0.15, 0.2) is 35.9 Å². The van der Waals surface area contributed by atoms with Crippen LogP contribution in [0.3, 0.4) is 0 Å². The van der Waals surface area contributed by atoms with Crippen LogP contribution in [0.4, 0.5) is 0 Å². The van der Waals surface area contributed by atoms with Crippen LogP contribution in [-0.2, 0) is 6.54 Å². The lowest BCUT2D eigenvalue weighted by molar-refractivity contribution is 0.698. The fourth-order valence-corrected chi connectivity index (χ4v) is 3.00. The average molecular weight is 313 g/mol. The highest BCUT2D eigenvalue weighted by Gasteiger charge is 2.03. The molecule has 1 unspecified atom stereocenters. The van der Waals surface area contributed by atoms with Crippen LogP contribution in [0.25, 0.3) is 12.7 Å². The van der Waals surface area contributed by atoms with E-state index in [4.69, 9.17) is 11.1 Å². The highest BCUT2D eigenvalue weighted by atomic mass is 32.1. The van der Waals surface area contributed by atoms with Crippen LogP contribution in [0.2, 0.25) is 0 Å². The van der Waals surface area contributed by atoms with Crippen molar-refractivity contribution in [3.8, 4) is 0 Å². The van der Waals surface area contributed by atoms with E-state index in [9.17, 15) is 0 Å². The van der Waals surface area contributed by atoms with Crippen LogP contribution >= 0.6 is 11.3 Å². The van der Waals surface area contributed by atoms with Gasteiger partial charge in [-0.1, -0.05) is 39.0 Å². The molecule has 0 amide bonds. The number of hydrogen-bond donors (Lipinski definition) is 2. The molecule has 2 heterocycles. The summed E-state index contributed by atoms with van der Waals surface area (Å²) < 4.78 is 2.18. The van der Waals surface area contributed by atoms with Gasteiger partial charge in [0.2, 0.25) is 0 Å². The zero-order chi connectivity index (χ0) is 16.1. The average Bonchev–Trinajstić information content (AvgIpc) is 3.08. The first kappa shape index (κ1) is 16.3. The molecule has 3 nitrogen and oxygen atoms in total. The normalized spacial score (nSPS) is 13.8. The third-order valence-corrected chi connectivity index (χ3v) is 4.64. The fraction of sp³-hybridized carbons (Fsp3) is 0.278. The van der Waals surface area contributed by atoms with Gasteiger partial charge in [-0.15, -0.1) is 11.3 Å². The number of nitrogens with zero attached hydrogens (tertiary/aromatic N) is 1. The maximum Gasteiger partial charge on any atom is 0.123 e. The van der Waals surface area contributed by atoms with Crippen molar-refractivity contribution in [3.63, 3.8) is 0 Å². The third-order valence-electron chi connectivity index (χ3n) is 3.72. The Kier molecular flexibility index (Phi) is 5.39. The molecule has 22 heavy (non-hydrogen) atoms. The van der Waals surface area contributed by atoms with E-state index >= 15 is 0 Å². The van der Waals surface area contributed by atoms with Crippen molar-refractivity contribution in [3.05, 3.63) is 56.9 Å². The Hall–Kier alpha value is -2.07. The second-order valence-corrected chi connectivity index (χ2v) is 6.50. The van der Waals surface area contributed by atoms with Crippen molar-refractivity contribution in [2.75, 3.05) is 0 Å². The molecule has 0 aromatic carbocycles. The number of aromatic nitrogens is 1. The van der Waals surface area contributed by atoms with Crippen molar-refractivity contribution in [2.24, 2.45) is 11.7 Å². The number of nitrogen functional groups attached to an aromatic ring is 1. The van der Waals surface area contributed by atoms with Crippen LogP contribution in [0, 0.1) is 11.3 Å². The second kappa shape index (κ2) is 7.27. The predicted molar refractivity (Wildman–Crippen MR) is 96.7 cm³/mol. The summed E-state index contributed by atoms with van der Waals surface area (Å²) in [6.07, 6.45) is 9.65. The molecule has 0 aliphatic carbocycles. The highest BCUT2D eigenvalue weighted by molar-refractivity contribution is 7.10. The van der Waals surface area contributed by atoms with Gasteiger partial charge in [0.05, 0.1) is 6.54 Å². The van der Waals surface area contributed by atoms with Gasteiger partial charge >= 0.3 is 0 Å². The summed E-state index contributed by atoms with van der Waals surface area (Å²) in [5.74, 6) is 0.708. The van der Waals surface area contributed by atoms with Gasteiger partial charge in [-0.05, 0) is 29.3 Å². The molecule has 0 saturated heterocycles. The molecule has 0 aliphatic heterocycles. The topological polar surface area (TPSA) is 54.8 Å². The van der Waals surface area contributed by atoms with E-state index in [2.05, 4.69) is 49.4 Å². The SMILES string of the molecule is C=c1ccn(Cc2cc(C(=N)N)cs2)/c1=C/C=C\C(C)CC. The number of nitrogens with two attached hydrogens (primary N) is 1. The minimum Gasteiger partial charge on any atom is -0.384 e. The molecular weight excluding hydrogens is 290 g/mol. The van der Waals surface area contributed by atoms with E-state index in [1.54, 1.807) is 11.3 Å². The highest BCUT2D eigenvalue weighted by Crippen LogP contribution is 2.14. The van der Waals surface area contributed by atoms with E-state index in [1.807, 2.05) is 17.5 Å². The minimum absolute atomic E-state index is 0.121. The first-order chi connectivity index (χ1) is 10.5. The number of rotatable bonds is 6. The molecule has 2 aromatic rings. The van der Waals surface area contributed by atoms with Crippen molar-refractivity contribution in [1.29, 1.82) is 5.41 Å². The number of thiophene rings is 1. The molecule has 0 aliphatic rings. The fourth-order valence-electron chi connectivity index (χ4n) is 2.12. The van der Waals surface area contributed by atoms with Gasteiger partial charge in [0, 0.05) is 27.4 Å². The first-order valence-electron chi connectivity index (χ1n) is 7.45. The van der Waals surface area contributed by atoms with Gasteiger partial charge < -0.3 is 10.3 Å². The quantitative estimate of drug-likeness (QED) is 0.625. The lowest BCUT2D eigenvalue weighted by Gasteiger charge is -2.01. The Morgan fingerprint density at radius 1 is 1.55 bits per heavy atom. The maximum absolute atomic E-state index is 7.48. The lowest BCUT2D eigenvalue weighted by atomic mass is 10.1. The van der Waals surface area contributed by atoms with Gasteiger partial charge in [0.25, 0.3) is 0 Å². The Morgan fingerprint density at radius 2 is 2.32 bits per heavy atom. The van der Waals surface area contributed by atoms with Crippen LogP contribution < -0.4 is 16.3 Å². The van der Waals surface area contributed by atoms with E-state index in [-0.39, 0.29) is 5.84 Å². The smallest absolute Gasteiger partial charge is 0.123 e. The van der Waals surface area contributed by atoms with E-state index < -0.39 is 0 Å². The third kappa shape index (κ3) is 3.98. The number of nitrogens with one attached hydrogen (secondary N) is 1. The van der Waals surface area contributed by atoms with Crippen LogP contribution in [0.5, 0.6) is 0 Å². The standard InChI is InChI=1S/C18H23N3S/c1-4-13(2)6-5-7-17-14(3)8-9-21(17)11-16-10-15(12-22-16)18(19)20/h5-10,12-13H,3-4,11H2,1-2H3,(H3,19,20)/b6-5-,17-7+. The molecule has 116 valence electrons. The molecule has 4 heteroatoms. The number of allylic oxidation sites excluding steroid dienone is 2. The largest absolute Gasteiger partial charge is 0.384 e. The summed E-state index contributed by atoms with van der Waals surface area (Å²) in [5.41, 5.74) is 6.32. The van der Waals surface area contributed by atoms with Crippen LogP contribution in [0.1, 0.15) is 30.7 Å². The zero-order valence-electron chi connectivity index (χ0n) is 13.2.